The summed E-state index contributed by atoms with van der Waals surface area (Å²) < 4.78 is 12.4. The number of ether oxygens (including phenoxy) is 1. The molecule has 1 fully saturated rings. The standard InChI is InChI=1S/C20H21N3O4/c1-13-16(19(24)21-11-14-4-2-8-26-14)10-17-18(22-13)6-7-23(20(17)25)12-15-5-3-9-27-15/h3,5-7,9-10,14H,2,4,8,11-12H2,1H3,(H,21,24). The molecule has 1 aliphatic heterocycles. The van der Waals surface area contributed by atoms with Crippen LogP contribution in [-0.4, -0.2) is 34.7 Å². The highest BCUT2D eigenvalue weighted by Gasteiger charge is 2.19. The number of carbonyl (C=O) groups is 1. The van der Waals surface area contributed by atoms with Crippen molar-refractivity contribution in [3.05, 3.63) is 64.1 Å². The third kappa shape index (κ3) is 3.64. The molecule has 1 saturated heterocycles. The first-order chi connectivity index (χ1) is 13.1. The molecule has 4 rings (SSSR count). The second kappa shape index (κ2) is 7.36. The molecule has 4 heterocycles. The first-order valence-electron chi connectivity index (χ1n) is 9.05. The fourth-order valence-corrected chi connectivity index (χ4v) is 3.34. The third-order valence-electron chi connectivity index (χ3n) is 4.81. The lowest BCUT2D eigenvalue weighted by atomic mass is 10.1. The molecule has 1 unspecified atom stereocenters. The molecular weight excluding hydrogens is 346 g/mol. The van der Waals surface area contributed by atoms with E-state index in [0.29, 0.717) is 41.0 Å². The van der Waals surface area contributed by atoms with Gasteiger partial charge < -0.3 is 19.0 Å². The summed E-state index contributed by atoms with van der Waals surface area (Å²) in [6.07, 6.45) is 5.30. The van der Waals surface area contributed by atoms with Gasteiger partial charge in [0, 0.05) is 19.3 Å². The van der Waals surface area contributed by atoms with Gasteiger partial charge in [-0.15, -0.1) is 0 Å². The Labute approximate surface area is 156 Å². The van der Waals surface area contributed by atoms with Crippen molar-refractivity contribution in [3.8, 4) is 0 Å². The fourth-order valence-electron chi connectivity index (χ4n) is 3.34. The molecule has 0 radical (unpaired) electrons. The lowest BCUT2D eigenvalue weighted by Crippen LogP contribution is -2.32. The summed E-state index contributed by atoms with van der Waals surface area (Å²) in [5, 5.41) is 3.30. The zero-order valence-corrected chi connectivity index (χ0v) is 15.1. The van der Waals surface area contributed by atoms with Crippen LogP contribution in [0.4, 0.5) is 0 Å². The Morgan fingerprint density at radius 3 is 3.04 bits per heavy atom. The van der Waals surface area contributed by atoms with E-state index in [1.165, 1.54) is 0 Å². The fraction of sp³-hybridized carbons (Fsp3) is 0.350. The van der Waals surface area contributed by atoms with E-state index >= 15 is 0 Å². The second-order valence-electron chi connectivity index (χ2n) is 6.73. The number of aryl methyl sites for hydroxylation is 1. The molecule has 1 aliphatic rings. The summed E-state index contributed by atoms with van der Waals surface area (Å²) in [4.78, 5) is 29.9. The average molecular weight is 367 g/mol. The second-order valence-corrected chi connectivity index (χ2v) is 6.73. The van der Waals surface area contributed by atoms with E-state index in [1.54, 1.807) is 42.1 Å². The van der Waals surface area contributed by atoms with Gasteiger partial charge in [-0.1, -0.05) is 0 Å². The van der Waals surface area contributed by atoms with Crippen molar-refractivity contribution < 1.29 is 13.9 Å². The van der Waals surface area contributed by atoms with Crippen molar-refractivity contribution in [2.24, 2.45) is 0 Å². The maximum absolute atomic E-state index is 12.8. The van der Waals surface area contributed by atoms with Crippen molar-refractivity contribution in [1.29, 1.82) is 0 Å². The van der Waals surface area contributed by atoms with Crippen molar-refractivity contribution in [2.75, 3.05) is 13.2 Å². The largest absolute Gasteiger partial charge is 0.467 e. The molecule has 1 atom stereocenters. The summed E-state index contributed by atoms with van der Waals surface area (Å²) >= 11 is 0. The minimum atomic E-state index is -0.238. The predicted molar refractivity (Wildman–Crippen MR) is 99.9 cm³/mol. The summed E-state index contributed by atoms with van der Waals surface area (Å²) in [5.74, 6) is 0.448. The highest BCUT2D eigenvalue weighted by Crippen LogP contribution is 2.15. The summed E-state index contributed by atoms with van der Waals surface area (Å²) in [6.45, 7) is 3.31. The van der Waals surface area contributed by atoms with Crippen LogP contribution < -0.4 is 10.9 Å². The van der Waals surface area contributed by atoms with Crippen LogP contribution in [0.3, 0.4) is 0 Å². The van der Waals surface area contributed by atoms with Gasteiger partial charge in [0.15, 0.2) is 0 Å². The van der Waals surface area contributed by atoms with E-state index in [2.05, 4.69) is 10.3 Å². The molecule has 3 aromatic heterocycles. The minimum absolute atomic E-state index is 0.0631. The van der Waals surface area contributed by atoms with Gasteiger partial charge in [-0.2, -0.15) is 0 Å². The maximum Gasteiger partial charge on any atom is 0.260 e. The Kier molecular flexibility index (Phi) is 4.77. The van der Waals surface area contributed by atoms with Crippen LogP contribution in [-0.2, 0) is 11.3 Å². The number of rotatable bonds is 5. The van der Waals surface area contributed by atoms with Crippen LogP contribution in [0.15, 0.2) is 45.9 Å². The molecule has 140 valence electrons. The van der Waals surface area contributed by atoms with E-state index in [1.807, 2.05) is 6.07 Å². The molecule has 7 nitrogen and oxygen atoms in total. The molecule has 0 spiro atoms. The van der Waals surface area contributed by atoms with Gasteiger partial charge in [0.25, 0.3) is 11.5 Å². The molecule has 0 saturated carbocycles. The first kappa shape index (κ1) is 17.5. The van der Waals surface area contributed by atoms with Crippen LogP contribution in [0.5, 0.6) is 0 Å². The van der Waals surface area contributed by atoms with Crippen LogP contribution in [0.2, 0.25) is 0 Å². The Morgan fingerprint density at radius 1 is 1.41 bits per heavy atom. The molecule has 0 aromatic carbocycles. The van der Waals surface area contributed by atoms with Crippen molar-refractivity contribution in [3.63, 3.8) is 0 Å². The van der Waals surface area contributed by atoms with E-state index in [4.69, 9.17) is 9.15 Å². The van der Waals surface area contributed by atoms with Gasteiger partial charge in [0.05, 0.1) is 41.1 Å². The van der Waals surface area contributed by atoms with E-state index in [0.717, 1.165) is 19.4 Å². The number of hydrogen-bond donors (Lipinski definition) is 1. The molecule has 1 amide bonds. The van der Waals surface area contributed by atoms with Crippen molar-refractivity contribution in [1.82, 2.24) is 14.9 Å². The topological polar surface area (TPSA) is 86.4 Å². The normalized spacial score (nSPS) is 16.7. The molecule has 0 aliphatic carbocycles. The number of furan rings is 1. The molecule has 27 heavy (non-hydrogen) atoms. The monoisotopic (exact) mass is 367 g/mol. The van der Waals surface area contributed by atoms with Gasteiger partial charge in [-0.05, 0) is 44.0 Å². The summed E-state index contributed by atoms with van der Waals surface area (Å²) in [7, 11) is 0. The van der Waals surface area contributed by atoms with Crippen LogP contribution >= 0.6 is 0 Å². The molecular formula is C20H21N3O4. The Balaban J connectivity index is 1.62. The smallest absolute Gasteiger partial charge is 0.260 e. The molecule has 3 aromatic rings. The van der Waals surface area contributed by atoms with Gasteiger partial charge in [0.1, 0.15) is 5.76 Å². The predicted octanol–water partition coefficient (Wildman–Crippen LogP) is 2.26. The zero-order chi connectivity index (χ0) is 18.8. The number of pyridine rings is 2. The average Bonchev–Trinajstić information content (AvgIpc) is 3.35. The number of nitrogens with one attached hydrogen (secondary N) is 1. The van der Waals surface area contributed by atoms with E-state index < -0.39 is 0 Å². The van der Waals surface area contributed by atoms with Crippen LogP contribution in [0.25, 0.3) is 10.9 Å². The lowest BCUT2D eigenvalue weighted by molar-refractivity contribution is 0.0857. The number of aromatic nitrogens is 2. The number of nitrogens with zero attached hydrogens (tertiary/aromatic N) is 2. The number of carbonyl (C=O) groups excluding carboxylic acids is 1. The summed E-state index contributed by atoms with van der Waals surface area (Å²) in [5.41, 5.74) is 1.37. The van der Waals surface area contributed by atoms with Crippen molar-refractivity contribution in [2.45, 2.75) is 32.4 Å². The Hall–Kier alpha value is -2.93. The Morgan fingerprint density at radius 2 is 2.30 bits per heavy atom. The molecule has 1 N–H and O–H groups in total. The van der Waals surface area contributed by atoms with E-state index in [-0.39, 0.29) is 17.6 Å². The highest BCUT2D eigenvalue weighted by molar-refractivity contribution is 5.98. The maximum atomic E-state index is 12.8. The number of fused-ring (bicyclic) bond motifs is 1. The molecule has 7 heteroatoms. The van der Waals surface area contributed by atoms with Crippen molar-refractivity contribution >= 4 is 16.8 Å². The van der Waals surface area contributed by atoms with E-state index in [9.17, 15) is 9.59 Å². The minimum Gasteiger partial charge on any atom is -0.467 e. The SMILES string of the molecule is Cc1nc2ccn(Cc3ccco3)c(=O)c2cc1C(=O)NCC1CCCO1. The molecule has 0 bridgehead atoms. The first-order valence-corrected chi connectivity index (χ1v) is 9.05. The zero-order valence-electron chi connectivity index (χ0n) is 15.1. The Bertz CT molecular complexity index is 1020. The highest BCUT2D eigenvalue weighted by atomic mass is 16.5. The van der Waals surface area contributed by atoms with Gasteiger partial charge in [-0.3, -0.25) is 14.6 Å². The third-order valence-corrected chi connectivity index (χ3v) is 4.81. The number of amides is 1. The number of hydrogen-bond acceptors (Lipinski definition) is 5. The van der Waals surface area contributed by atoms with Crippen LogP contribution in [0, 0.1) is 6.92 Å². The quantitative estimate of drug-likeness (QED) is 0.747. The summed E-state index contributed by atoms with van der Waals surface area (Å²) in [6, 6.07) is 7.00. The van der Waals surface area contributed by atoms with Gasteiger partial charge in [-0.25, -0.2) is 0 Å². The van der Waals surface area contributed by atoms with Gasteiger partial charge >= 0.3 is 0 Å². The lowest BCUT2D eigenvalue weighted by Gasteiger charge is -2.12. The van der Waals surface area contributed by atoms with Gasteiger partial charge in [0.2, 0.25) is 0 Å². The van der Waals surface area contributed by atoms with Crippen LogP contribution in [0.1, 0.15) is 34.7 Å².